The largest absolute Gasteiger partial charge is 0.350 e. The maximum absolute atomic E-state index is 12.1. The Balaban J connectivity index is 1.53. The van der Waals surface area contributed by atoms with Crippen molar-refractivity contribution in [1.82, 2.24) is 15.3 Å². The number of carbonyl (C=O) groups is 1. The van der Waals surface area contributed by atoms with E-state index in [1.165, 1.54) is 12.8 Å². The lowest BCUT2D eigenvalue weighted by Gasteiger charge is -2.16. The monoisotopic (exact) mass is 358 g/mol. The first-order chi connectivity index (χ1) is 12.1. The number of rotatable bonds is 6. The van der Waals surface area contributed by atoms with Crippen molar-refractivity contribution in [1.29, 1.82) is 0 Å². The third-order valence-corrected chi connectivity index (χ3v) is 4.52. The van der Waals surface area contributed by atoms with Gasteiger partial charge in [0.2, 0.25) is 11.9 Å². The molecule has 1 saturated heterocycles. The van der Waals surface area contributed by atoms with Crippen LogP contribution in [0.4, 0.5) is 5.95 Å². The first-order valence-corrected chi connectivity index (χ1v) is 9.08. The van der Waals surface area contributed by atoms with Crippen LogP contribution in [0, 0.1) is 6.92 Å². The summed E-state index contributed by atoms with van der Waals surface area (Å²) in [6.07, 6.45) is 3.48. The number of anilines is 1. The molecular weight excluding hydrogens is 336 g/mol. The number of amides is 1. The van der Waals surface area contributed by atoms with E-state index in [1.807, 2.05) is 37.3 Å². The Hall–Kier alpha value is -2.14. The number of benzene rings is 1. The van der Waals surface area contributed by atoms with E-state index in [4.69, 9.17) is 11.6 Å². The van der Waals surface area contributed by atoms with E-state index in [1.54, 1.807) is 0 Å². The number of aromatic nitrogens is 2. The number of carbonyl (C=O) groups excluding carboxylic acids is 1. The molecule has 1 amide bonds. The molecule has 1 aromatic heterocycles. The SMILES string of the molecule is Cc1cc(CNC(=O)CCc2cccc(Cl)c2)nc(N2CCCC2)n1. The Kier molecular flexibility index (Phi) is 5.87. The minimum Gasteiger partial charge on any atom is -0.350 e. The molecule has 2 aromatic rings. The number of hydrogen-bond donors (Lipinski definition) is 1. The van der Waals surface area contributed by atoms with Crippen molar-refractivity contribution in [2.24, 2.45) is 0 Å². The number of nitrogens with zero attached hydrogens (tertiary/aromatic N) is 3. The summed E-state index contributed by atoms with van der Waals surface area (Å²) < 4.78 is 0. The summed E-state index contributed by atoms with van der Waals surface area (Å²) in [5.74, 6) is 0.791. The predicted octanol–water partition coefficient (Wildman–Crippen LogP) is 3.29. The van der Waals surface area contributed by atoms with Crippen LogP contribution in [-0.2, 0) is 17.8 Å². The van der Waals surface area contributed by atoms with Crippen LogP contribution in [0.25, 0.3) is 0 Å². The second-order valence-corrected chi connectivity index (χ2v) is 6.84. The van der Waals surface area contributed by atoms with Crippen LogP contribution in [0.3, 0.4) is 0 Å². The van der Waals surface area contributed by atoms with Crippen molar-refractivity contribution in [3.8, 4) is 0 Å². The normalized spacial score (nSPS) is 13.9. The zero-order chi connectivity index (χ0) is 17.6. The molecule has 1 aliphatic rings. The Morgan fingerprint density at radius 3 is 2.80 bits per heavy atom. The van der Waals surface area contributed by atoms with Gasteiger partial charge in [-0.3, -0.25) is 4.79 Å². The Bertz CT molecular complexity index is 744. The minimum atomic E-state index is 0.0129. The van der Waals surface area contributed by atoms with Gasteiger partial charge in [0, 0.05) is 30.2 Å². The summed E-state index contributed by atoms with van der Waals surface area (Å²) in [7, 11) is 0. The van der Waals surface area contributed by atoms with Crippen molar-refractivity contribution in [3.05, 3.63) is 52.3 Å². The third-order valence-electron chi connectivity index (χ3n) is 4.28. The summed E-state index contributed by atoms with van der Waals surface area (Å²) in [6, 6.07) is 9.54. The second kappa shape index (κ2) is 8.30. The van der Waals surface area contributed by atoms with Crippen molar-refractivity contribution >= 4 is 23.5 Å². The lowest BCUT2D eigenvalue weighted by molar-refractivity contribution is -0.121. The molecule has 0 radical (unpaired) electrons. The van der Waals surface area contributed by atoms with Gasteiger partial charge in [-0.25, -0.2) is 9.97 Å². The van der Waals surface area contributed by atoms with Crippen molar-refractivity contribution in [2.45, 2.75) is 39.2 Å². The van der Waals surface area contributed by atoms with Gasteiger partial charge < -0.3 is 10.2 Å². The van der Waals surface area contributed by atoms with Crippen LogP contribution in [0.5, 0.6) is 0 Å². The van der Waals surface area contributed by atoms with Crippen molar-refractivity contribution in [2.75, 3.05) is 18.0 Å². The predicted molar refractivity (Wildman–Crippen MR) is 99.8 cm³/mol. The highest BCUT2D eigenvalue weighted by Crippen LogP contribution is 2.17. The van der Waals surface area contributed by atoms with E-state index in [0.717, 1.165) is 36.0 Å². The number of aryl methyl sites for hydroxylation is 2. The van der Waals surface area contributed by atoms with E-state index in [-0.39, 0.29) is 5.91 Å². The fourth-order valence-corrected chi connectivity index (χ4v) is 3.21. The molecule has 3 rings (SSSR count). The van der Waals surface area contributed by atoms with E-state index < -0.39 is 0 Å². The van der Waals surface area contributed by atoms with Gasteiger partial charge in [0.15, 0.2) is 0 Å². The molecule has 25 heavy (non-hydrogen) atoms. The highest BCUT2D eigenvalue weighted by atomic mass is 35.5. The molecule has 0 aliphatic carbocycles. The van der Waals surface area contributed by atoms with Gasteiger partial charge in [-0.15, -0.1) is 0 Å². The topological polar surface area (TPSA) is 58.1 Å². The average molecular weight is 359 g/mol. The van der Waals surface area contributed by atoms with Gasteiger partial charge in [-0.05, 0) is 49.9 Å². The molecule has 0 spiro atoms. The Labute approximate surface area is 153 Å². The van der Waals surface area contributed by atoms with Crippen LogP contribution < -0.4 is 10.2 Å². The van der Waals surface area contributed by atoms with Crippen molar-refractivity contribution < 1.29 is 4.79 Å². The first-order valence-electron chi connectivity index (χ1n) is 8.71. The number of hydrogen-bond acceptors (Lipinski definition) is 4. The summed E-state index contributed by atoms with van der Waals surface area (Å²) in [4.78, 5) is 23.4. The average Bonchev–Trinajstić information content (AvgIpc) is 3.12. The quantitative estimate of drug-likeness (QED) is 0.860. The zero-order valence-corrected chi connectivity index (χ0v) is 15.2. The zero-order valence-electron chi connectivity index (χ0n) is 14.5. The lowest BCUT2D eigenvalue weighted by Crippen LogP contribution is -2.25. The van der Waals surface area contributed by atoms with E-state index in [2.05, 4.69) is 20.2 Å². The summed E-state index contributed by atoms with van der Waals surface area (Å²) >= 11 is 5.97. The molecule has 5 nitrogen and oxygen atoms in total. The van der Waals surface area contributed by atoms with Gasteiger partial charge in [0.05, 0.1) is 12.2 Å². The summed E-state index contributed by atoms with van der Waals surface area (Å²) in [6.45, 7) is 4.41. The van der Waals surface area contributed by atoms with Crippen LogP contribution in [0.15, 0.2) is 30.3 Å². The molecule has 1 N–H and O–H groups in total. The first kappa shape index (κ1) is 17.7. The standard InChI is InChI=1S/C19H23ClN4O/c1-14-11-17(23-19(22-14)24-9-2-3-10-24)13-21-18(25)8-7-15-5-4-6-16(20)12-15/h4-6,11-12H,2-3,7-10,13H2,1H3,(H,21,25). The molecule has 1 aromatic carbocycles. The number of nitrogens with one attached hydrogen (secondary N) is 1. The van der Waals surface area contributed by atoms with Crippen LogP contribution >= 0.6 is 11.6 Å². The van der Waals surface area contributed by atoms with E-state index >= 15 is 0 Å². The van der Waals surface area contributed by atoms with Gasteiger partial charge in [-0.1, -0.05) is 23.7 Å². The number of halogens is 1. The fourth-order valence-electron chi connectivity index (χ4n) is 2.99. The molecule has 132 valence electrons. The van der Waals surface area contributed by atoms with Crippen LogP contribution in [0.2, 0.25) is 5.02 Å². The van der Waals surface area contributed by atoms with Gasteiger partial charge in [0.1, 0.15) is 0 Å². The van der Waals surface area contributed by atoms with E-state index in [0.29, 0.717) is 24.4 Å². The molecule has 0 saturated carbocycles. The Morgan fingerprint density at radius 1 is 1.24 bits per heavy atom. The van der Waals surface area contributed by atoms with E-state index in [9.17, 15) is 4.79 Å². The molecular formula is C19H23ClN4O. The van der Waals surface area contributed by atoms with Crippen LogP contribution in [-0.4, -0.2) is 29.0 Å². The van der Waals surface area contributed by atoms with Crippen molar-refractivity contribution in [3.63, 3.8) is 0 Å². The van der Waals surface area contributed by atoms with Gasteiger partial charge in [0.25, 0.3) is 0 Å². The smallest absolute Gasteiger partial charge is 0.225 e. The van der Waals surface area contributed by atoms with Gasteiger partial charge >= 0.3 is 0 Å². The lowest BCUT2D eigenvalue weighted by atomic mass is 10.1. The highest BCUT2D eigenvalue weighted by Gasteiger charge is 2.16. The molecule has 6 heteroatoms. The molecule has 0 unspecified atom stereocenters. The van der Waals surface area contributed by atoms with Gasteiger partial charge in [-0.2, -0.15) is 0 Å². The summed E-state index contributed by atoms with van der Waals surface area (Å²) in [5.41, 5.74) is 2.85. The summed E-state index contributed by atoms with van der Waals surface area (Å²) in [5, 5.41) is 3.65. The third kappa shape index (κ3) is 5.16. The van der Waals surface area contributed by atoms with Crippen LogP contribution in [0.1, 0.15) is 36.2 Å². The highest BCUT2D eigenvalue weighted by molar-refractivity contribution is 6.30. The minimum absolute atomic E-state index is 0.0129. The second-order valence-electron chi connectivity index (χ2n) is 6.40. The molecule has 1 fully saturated rings. The fraction of sp³-hybridized carbons (Fsp3) is 0.421. The molecule has 0 bridgehead atoms. The molecule has 0 atom stereocenters. The molecule has 2 heterocycles. The molecule has 1 aliphatic heterocycles. The maximum Gasteiger partial charge on any atom is 0.225 e. The maximum atomic E-state index is 12.1. The Morgan fingerprint density at radius 2 is 2.04 bits per heavy atom.